The maximum absolute atomic E-state index is 6.49. The number of methoxy groups -OCH3 is 1. The summed E-state index contributed by atoms with van der Waals surface area (Å²) in [4.78, 5) is 0. The first-order valence-corrected chi connectivity index (χ1v) is 17.9. The van der Waals surface area contributed by atoms with Gasteiger partial charge in [-0.2, -0.15) is 0 Å². The molecule has 0 aliphatic heterocycles. The Labute approximate surface area is 268 Å². The van der Waals surface area contributed by atoms with E-state index in [4.69, 9.17) is 14.2 Å². The van der Waals surface area contributed by atoms with Gasteiger partial charge in [0.05, 0.1) is 12.2 Å². The summed E-state index contributed by atoms with van der Waals surface area (Å²) in [6.45, 7) is 33.4. The van der Waals surface area contributed by atoms with Gasteiger partial charge in [0.25, 0.3) is 6.48 Å². The van der Waals surface area contributed by atoms with E-state index in [0.717, 1.165) is 42.4 Å². The molecule has 43 heavy (non-hydrogen) atoms. The molecule has 250 valence electrons. The molecule has 4 saturated carbocycles. The van der Waals surface area contributed by atoms with Crippen molar-refractivity contribution in [3.05, 3.63) is 37.0 Å². The standard InChI is InChI=1S/C33H58O3.C4H8.C3H6/c1-10-21(3)23(5)24(6)35-31(34-9)36-26-16-18-32(7)25(20-26)12-13-27-29-15-14-28(22(4)11-2)33(29,8)19-17-30(27)32;1-4(2)3;1-3-2/h21,23-31H,4,10-20H2,1-3,5-9H3;1H2,2-3H3;3H,1H2,2H3. The third kappa shape index (κ3) is 9.10. The molecule has 3 nitrogen and oxygen atoms in total. The van der Waals surface area contributed by atoms with Crippen LogP contribution >= 0.6 is 0 Å². The smallest absolute Gasteiger partial charge is 0.271 e. The largest absolute Gasteiger partial charge is 0.333 e. The molecule has 0 saturated heterocycles. The van der Waals surface area contributed by atoms with Crippen LogP contribution in [0.4, 0.5) is 0 Å². The fourth-order valence-electron chi connectivity index (χ4n) is 9.69. The Kier molecular flexibility index (Phi) is 15.3. The van der Waals surface area contributed by atoms with Crippen molar-refractivity contribution in [3.63, 3.8) is 0 Å². The molecule has 0 aromatic carbocycles. The van der Waals surface area contributed by atoms with Crippen LogP contribution < -0.4 is 0 Å². The van der Waals surface area contributed by atoms with E-state index in [2.05, 4.69) is 68.2 Å². The van der Waals surface area contributed by atoms with Gasteiger partial charge in [-0.05, 0) is 144 Å². The van der Waals surface area contributed by atoms with E-state index < -0.39 is 6.48 Å². The highest BCUT2D eigenvalue weighted by molar-refractivity contribution is 5.16. The lowest BCUT2D eigenvalue weighted by molar-refractivity contribution is -0.321. The van der Waals surface area contributed by atoms with Gasteiger partial charge in [-0.3, -0.25) is 0 Å². The van der Waals surface area contributed by atoms with E-state index in [1.165, 1.54) is 68.9 Å². The zero-order valence-electron chi connectivity index (χ0n) is 30.5. The zero-order valence-corrected chi connectivity index (χ0v) is 30.5. The molecule has 0 aromatic heterocycles. The van der Waals surface area contributed by atoms with Gasteiger partial charge in [-0.25, -0.2) is 0 Å². The van der Waals surface area contributed by atoms with Crippen molar-refractivity contribution >= 4 is 0 Å². The molecule has 3 heteroatoms. The lowest BCUT2D eigenvalue weighted by Gasteiger charge is -2.61. The first kappa shape index (κ1) is 38.3. The van der Waals surface area contributed by atoms with Crippen molar-refractivity contribution in [2.75, 3.05) is 7.11 Å². The Balaban J connectivity index is 0.000000836. The van der Waals surface area contributed by atoms with Gasteiger partial charge in [-0.15, -0.1) is 13.2 Å². The molecule has 0 bridgehead atoms. The molecule has 0 N–H and O–H groups in total. The summed E-state index contributed by atoms with van der Waals surface area (Å²) in [6, 6.07) is 0. The third-order valence-electron chi connectivity index (χ3n) is 12.7. The molecule has 0 amide bonds. The molecule has 4 aliphatic carbocycles. The number of hydrogen-bond donors (Lipinski definition) is 0. The quantitative estimate of drug-likeness (QED) is 0.184. The van der Waals surface area contributed by atoms with Gasteiger partial charge < -0.3 is 14.2 Å². The van der Waals surface area contributed by atoms with Crippen molar-refractivity contribution in [2.45, 2.75) is 159 Å². The van der Waals surface area contributed by atoms with Crippen LogP contribution in [0.2, 0.25) is 0 Å². The van der Waals surface area contributed by atoms with Crippen LogP contribution in [0, 0.1) is 52.3 Å². The minimum absolute atomic E-state index is 0.129. The molecule has 0 heterocycles. The fraction of sp³-hybridized carbons (Fsp3) is 0.850. The Bertz CT molecular complexity index is 875. The molecule has 4 aliphatic rings. The van der Waals surface area contributed by atoms with Crippen molar-refractivity contribution in [1.29, 1.82) is 0 Å². The molecule has 12 atom stereocenters. The first-order chi connectivity index (χ1) is 20.2. The van der Waals surface area contributed by atoms with Crippen LogP contribution in [0.1, 0.15) is 140 Å². The SMILES string of the molecule is C=C(C)C.C=C(CC)C1CCC2C3CCC4CC(OC(OC)OC(C)C(C)C(C)CC)CCC4(C)C3CCC12C.C=CC. The third-order valence-corrected chi connectivity index (χ3v) is 12.7. The monoisotopic (exact) mass is 601 g/mol. The summed E-state index contributed by atoms with van der Waals surface area (Å²) in [5, 5.41) is 0. The maximum atomic E-state index is 6.49. The zero-order chi connectivity index (χ0) is 32.5. The molecule has 4 rings (SSSR count). The van der Waals surface area contributed by atoms with Crippen LogP contribution in [0.15, 0.2) is 37.0 Å². The highest BCUT2D eigenvalue weighted by Gasteiger charge is 2.60. The summed E-state index contributed by atoms with van der Waals surface area (Å²) in [5.74, 6) is 5.40. The number of fused-ring (bicyclic) bond motifs is 5. The lowest BCUT2D eigenvalue weighted by atomic mass is 9.44. The highest BCUT2D eigenvalue weighted by Crippen LogP contribution is 2.68. The molecular weight excluding hydrogens is 528 g/mol. The minimum atomic E-state index is -0.547. The van der Waals surface area contributed by atoms with E-state index in [-0.39, 0.29) is 12.2 Å². The fourth-order valence-corrected chi connectivity index (χ4v) is 9.69. The Morgan fingerprint density at radius 2 is 1.49 bits per heavy atom. The summed E-state index contributed by atoms with van der Waals surface area (Å²) >= 11 is 0. The first-order valence-electron chi connectivity index (χ1n) is 17.9. The number of ether oxygens (including phenoxy) is 3. The maximum Gasteiger partial charge on any atom is 0.271 e. The second kappa shape index (κ2) is 17.1. The number of hydrogen-bond acceptors (Lipinski definition) is 3. The van der Waals surface area contributed by atoms with Crippen LogP contribution in [0.25, 0.3) is 0 Å². The highest BCUT2D eigenvalue weighted by atomic mass is 16.8. The molecular formula is C40H72O3. The van der Waals surface area contributed by atoms with E-state index >= 15 is 0 Å². The van der Waals surface area contributed by atoms with Crippen LogP contribution in [-0.2, 0) is 14.2 Å². The van der Waals surface area contributed by atoms with Gasteiger partial charge in [0, 0.05) is 7.11 Å². The summed E-state index contributed by atoms with van der Waals surface area (Å²) < 4.78 is 18.4. The average Bonchev–Trinajstić information content (AvgIpc) is 3.33. The predicted octanol–water partition coefficient (Wildman–Crippen LogP) is 11.8. The second-order valence-corrected chi connectivity index (χ2v) is 15.6. The Morgan fingerprint density at radius 1 is 0.907 bits per heavy atom. The predicted molar refractivity (Wildman–Crippen MR) is 186 cm³/mol. The van der Waals surface area contributed by atoms with Crippen molar-refractivity contribution < 1.29 is 14.2 Å². The summed E-state index contributed by atoms with van der Waals surface area (Å²) in [7, 11) is 1.73. The molecule has 0 radical (unpaired) electrons. The minimum Gasteiger partial charge on any atom is -0.333 e. The molecule has 4 fully saturated rings. The van der Waals surface area contributed by atoms with Crippen LogP contribution in [-0.4, -0.2) is 25.8 Å². The Morgan fingerprint density at radius 3 is 2.05 bits per heavy atom. The van der Waals surface area contributed by atoms with Crippen molar-refractivity contribution in [1.82, 2.24) is 0 Å². The van der Waals surface area contributed by atoms with E-state index in [0.29, 0.717) is 22.7 Å². The Hall–Kier alpha value is -0.900. The topological polar surface area (TPSA) is 27.7 Å². The van der Waals surface area contributed by atoms with Crippen LogP contribution in [0.5, 0.6) is 0 Å². The van der Waals surface area contributed by atoms with Crippen molar-refractivity contribution in [3.8, 4) is 0 Å². The molecule has 0 aromatic rings. The molecule has 12 unspecified atom stereocenters. The van der Waals surface area contributed by atoms with E-state index in [9.17, 15) is 0 Å². The second-order valence-electron chi connectivity index (χ2n) is 15.6. The summed E-state index contributed by atoms with van der Waals surface area (Å²) in [6.07, 6.45) is 16.6. The van der Waals surface area contributed by atoms with Crippen LogP contribution in [0.3, 0.4) is 0 Å². The molecule has 0 spiro atoms. The van der Waals surface area contributed by atoms with E-state index in [1.54, 1.807) is 13.2 Å². The van der Waals surface area contributed by atoms with Crippen molar-refractivity contribution in [2.24, 2.45) is 52.3 Å². The lowest BCUT2D eigenvalue weighted by Crippen LogP contribution is -2.54. The normalized spacial score (nSPS) is 37.4. The average molecular weight is 601 g/mol. The van der Waals surface area contributed by atoms with Gasteiger partial charge in [0.1, 0.15) is 0 Å². The van der Waals surface area contributed by atoms with Gasteiger partial charge in [0.2, 0.25) is 0 Å². The number of rotatable bonds is 10. The van der Waals surface area contributed by atoms with Gasteiger partial charge in [0.15, 0.2) is 0 Å². The number of allylic oxidation sites excluding steroid dienone is 3. The van der Waals surface area contributed by atoms with Gasteiger partial charge >= 0.3 is 0 Å². The van der Waals surface area contributed by atoms with E-state index in [1.807, 2.05) is 20.8 Å². The summed E-state index contributed by atoms with van der Waals surface area (Å²) in [5.41, 5.74) is 3.68. The van der Waals surface area contributed by atoms with Gasteiger partial charge in [-0.1, -0.05) is 71.8 Å².